The van der Waals surface area contributed by atoms with Gasteiger partial charge in [0.15, 0.2) is 0 Å². The summed E-state index contributed by atoms with van der Waals surface area (Å²) in [5.74, 6) is -0.0361. The molecular formula is C15H14INO3S. The highest BCUT2D eigenvalue weighted by Gasteiger charge is 2.11. The van der Waals surface area contributed by atoms with Gasteiger partial charge < -0.3 is 10.1 Å². The third-order valence-electron chi connectivity index (χ3n) is 2.59. The number of thiophene rings is 1. The fraction of sp³-hybridized carbons (Fsp3) is 0.200. The predicted octanol–water partition coefficient (Wildman–Crippen LogP) is 3.90. The van der Waals surface area contributed by atoms with E-state index < -0.39 is 0 Å². The van der Waals surface area contributed by atoms with Crippen LogP contribution in [0.1, 0.15) is 21.5 Å². The van der Waals surface area contributed by atoms with E-state index in [4.69, 9.17) is 4.74 Å². The molecule has 2 rings (SSSR count). The topological polar surface area (TPSA) is 55.4 Å². The Hall–Kier alpha value is -1.41. The first-order valence-corrected chi connectivity index (χ1v) is 8.67. The van der Waals surface area contributed by atoms with Crippen molar-refractivity contribution in [1.29, 1.82) is 0 Å². The van der Waals surface area contributed by atoms with Gasteiger partial charge in [0.2, 0.25) is 5.91 Å². The van der Waals surface area contributed by atoms with Crippen LogP contribution in [0.4, 0.5) is 5.69 Å². The van der Waals surface area contributed by atoms with Crippen LogP contribution in [0.15, 0.2) is 36.4 Å². The van der Waals surface area contributed by atoms with Crippen LogP contribution in [0.25, 0.3) is 0 Å². The number of carbonyl (C=O) groups excluding carboxylic acids is 2. The first-order valence-electron chi connectivity index (χ1n) is 6.33. The SMILES string of the molecule is CC(=O)Nc1ccc(OC(=O)c2ccc(CCI)s2)cc1. The standard InChI is InChI=1S/C15H14INO3S/c1-10(18)17-11-2-4-12(5-3-11)20-15(19)14-7-6-13(21-14)8-9-16/h2-7H,8-9H2,1H3,(H,17,18). The molecule has 0 unspecified atom stereocenters. The molecule has 6 heteroatoms. The molecule has 2 aromatic rings. The number of alkyl halides is 1. The van der Waals surface area contributed by atoms with Crippen molar-refractivity contribution in [3.63, 3.8) is 0 Å². The number of hydrogen-bond acceptors (Lipinski definition) is 4. The summed E-state index contributed by atoms with van der Waals surface area (Å²) in [6.07, 6.45) is 0.962. The molecule has 4 nitrogen and oxygen atoms in total. The number of aryl methyl sites for hydroxylation is 1. The minimum absolute atomic E-state index is 0.138. The zero-order valence-corrected chi connectivity index (χ0v) is 14.4. The normalized spacial score (nSPS) is 10.2. The number of nitrogens with one attached hydrogen (secondary N) is 1. The van der Waals surface area contributed by atoms with Crippen LogP contribution in [0.2, 0.25) is 0 Å². The molecule has 1 aromatic heterocycles. The quantitative estimate of drug-likeness (QED) is 0.349. The Morgan fingerprint density at radius 2 is 1.90 bits per heavy atom. The number of hydrogen-bond donors (Lipinski definition) is 1. The fourth-order valence-corrected chi connectivity index (χ4v) is 3.51. The van der Waals surface area contributed by atoms with Crippen LogP contribution in [-0.2, 0) is 11.2 Å². The van der Waals surface area contributed by atoms with Gasteiger partial charge in [-0.2, -0.15) is 0 Å². The number of rotatable bonds is 5. The lowest BCUT2D eigenvalue weighted by atomic mass is 10.3. The molecule has 0 spiro atoms. The van der Waals surface area contributed by atoms with Gasteiger partial charge in [-0.1, -0.05) is 22.6 Å². The van der Waals surface area contributed by atoms with Gasteiger partial charge in [-0.25, -0.2) is 4.79 Å². The number of amides is 1. The molecule has 1 amide bonds. The summed E-state index contributed by atoms with van der Waals surface area (Å²) in [5, 5.41) is 2.66. The average Bonchev–Trinajstić information content (AvgIpc) is 2.89. The van der Waals surface area contributed by atoms with Crippen LogP contribution >= 0.6 is 33.9 Å². The molecule has 21 heavy (non-hydrogen) atoms. The van der Waals surface area contributed by atoms with Crippen LogP contribution < -0.4 is 10.1 Å². The summed E-state index contributed by atoms with van der Waals surface area (Å²) >= 11 is 3.77. The van der Waals surface area contributed by atoms with Crippen molar-refractivity contribution in [3.8, 4) is 5.75 Å². The summed E-state index contributed by atoms with van der Waals surface area (Å²) in [7, 11) is 0. The number of halogens is 1. The lowest BCUT2D eigenvalue weighted by Crippen LogP contribution is -2.07. The summed E-state index contributed by atoms with van der Waals surface area (Å²) < 4.78 is 6.33. The Kier molecular flexibility index (Phi) is 5.75. The van der Waals surface area contributed by atoms with E-state index in [1.807, 2.05) is 6.07 Å². The number of benzene rings is 1. The summed E-state index contributed by atoms with van der Waals surface area (Å²) in [6, 6.07) is 10.4. The molecule has 1 heterocycles. The Morgan fingerprint density at radius 1 is 1.19 bits per heavy atom. The predicted molar refractivity (Wildman–Crippen MR) is 92.6 cm³/mol. The van der Waals surface area contributed by atoms with Gasteiger partial charge in [-0.3, -0.25) is 4.79 Å². The van der Waals surface area contributed by atoms with E-state index in [1.165, 1.54) is 23.1 Å². The van der Waals surface area contributed by atoms with Crippen LogP contribution in [0.5, 0.6) is 5.75 Å². The Morgan fingerprint density at radius 3 is 2.52 bits per heavy atom. The average molecular weight is 415 g/mol. The second kappa shape index (κ2) is 7.56. The van der Waals surface area contributed by atoms with Gasteiger partial charge in [0.05, 0.1) is 0 Å². The van der Waals surface area contributed by atoms with Gasteiger partial charge >= 0.3 is 5.97 Å². The van der Waals surface area contributed by atoms with E-state index in [-0.39, 0.29) is 11.9 Å². The van der Waals surface area contributed by atoms with Gasteiger partial charge in [0, 0.05) is 21.9 Å². The Labute approximate surface area is 140 Å². The minimum atomic E-state index is -0.355. The highest BCUT2D eigenvalue weighted by atomic mass is 127. The van der Waals surface area contributed by atoms with Crippen molar-refractivity contribution < 1.29 is 14.3 Å². The fourth-order valence-electron chi connectivity index (χ4n) is 1.68. The van der Waals surface area contributed by atoms with Crippen LogP contribution in [-0.4, -0.2) is 16.3 Å². The van der Waals surface area contributed by atoms with Crippen molar-refractivity contribution >= 4 is 51.5 Å². The monoisotopic (exact) mass is 415 g/mol. The van der Waals surface area contributed by atoms with E-state index in [2.05, 4.69) is 27.9 Å². The molecule has 0 radical (unpaired) electrons. The molecule has 1 N–H and O–H groups in total. The first-order chi connectivity index (χ1) is 10.1. The third kappa shape index (κ3) is 4.82. The van der Waals surface area contributed by atoms with E-state index in [1.54, 1.807) is 30.3 Å². The number of esters is 1. The van der Waals surface area contributed by atoms with Crippen molar-refractivity contribution in [3.05, 3.63) is 46.2 Å². The maximum Gasteiger partial charge on any atom is 0.353 e. The zero-order valence-electron chi connectivity index (χ0n) is 11.4. The van der Waals surface area contributed by atoms with Crippen LogP contribution in [0.3, 0.4) is 0 Å². The summed E-state index contributed by atoms with van der Waals surface area (Å²) in [6.45, 7) is 1.44. The second-order valence-corrected chi connectivity index (χ2v) is 6.55. The molecule has 0 aliphatic rings. The van der Waals surface area contributed by atoms with E-state index in [9.17, 15) is 9.59 Å². The van der Waals surface area contributed by atoms with Crippen molar-refractivity contribution in [2.75, 3.05) is 9.74 Å². The maximum absolute atomic E-state index is 12.0. The third-order valence-corrected chi connectivity index (χ3v) is 4.25. The number of ether oxygens (including phenoxy) is 1. The minimum Gasteiger partial charge on any atom is -0.422 e. The smallest absolute Gasteiger partial charge is 0.353 e. The molecule has 0 aliphatic carbocycles. The first kappa shape index (κ1) is 16.0. The lowest BCUT2D eigenvalue weighted by Gasteiger charge is -2.05. The van der Waals surface area contributed by atoms with Crippen molar-refractivity contribution in [2.45, 2.75) is 13.3 Å². The molecule has 0 saturated carbocycles. The molecule has 0 aliphatic heterocycles. The molecule has 110 valence electrons. The summed E-state index contributed by atoms with van der Waals surface area (Å²) in [5.41, 5.74) is 0.669. The largest absolute Gasteiger partial charge is 0.422 e. The molecule has 1 aromatic carbocycles. The molecule has 0 saturated heterocycles. The molecular weight excluding hydrogens is 401 g/mol. The Bertz CT molecular complexity index is 637. The Balaban J connectivity index is 1.99. The van der Waals surface area contributed by atoms with Gasteiger partial charge in [-0.05, 0) is 42.8 Å². The van der Waals surface area contributed by atoms with E-state index >= 15 is 0 Å². The highest BCUT2D eigenvalue weighted by molar-refractivity contribution is 14.1. The van der Waals surface area contributed by atoms with Crippen LogP contribution in [0, 0.1) is 0 Å². The van der Waals surface area contributed by atoms with E-state index in [0.29, 0.717) is 16.3 Å². The lowest BCUT2D eigenvalue weighted by molar-refractivity contribution is -0.114. The molecule has 0 fully saturated rings. The maximum atomic E-state index is 12.0. The molecule has 0 atom stereocenters. The van der Waals surface area contributed by atoms with Gasteiger partial charge in [0.1, 0.15) is 10.6 Å². The second-order valence-electron chi connectivity index (χ2n) is 4.30. The summed E-state index contributed by atoms with van der Waals surface area (Å²) in [4.78, 5) is 24.7. The zero-order chi connectivity index (χ0) is 15.2. The van der Waals surface area contributed by atoms with E-state index in [0.717, 1.165) is 10.8 Å². The molecule has 0 bridgehead atoms. The van der Waals surface area contributed by atoms with Crippen molar-refractivity contribution in [1.82, 2.24) is 0 Å². The van der Waals surface area contributed by atoms with Crippen molar-refractivity contribution in [2.24, 2.45) is 0 Å². The van der Waals surface area contributed by atoms with Gasteiger partial charge in [-0.15, -0.1) is 11.3 Å². The number of carbonyl (C=O) groups is 2. The van der Waals surface area contributed by atoms with Gasteiger partial charge in [0.25, 0.3) is 0 Å². The highest BCUT2D eigenvalue weighted by Crippen LogP contribution is 2.21. The number of anilines is 1.